The largest absolute Gasteiger partial charge is 0.483 e. The summed E-state index contributed by atoms with van der Waals surface area (Å²) in [4.78, 5) is 70.9. The van der Waals surface area contributed by atoms with Crippen molar-refractivity contribution < 1.29 is 38.1 Å². The molecule has 2 fully saturated rings. The van der Waals surface area contributed by atoms with E-state index in [-0.39, 0.29) is 47.9 Å². The number of methoxy groups -OCH3 is 2. The summed E-state index contributed by atoms with van der Waals surface area (Å²) in [6.07, 6.45) is 6.24. The Bertz CT molecular complexity index is 1720. The molecule has 1 aromatic carbocycles. The van der Waals surface area contributed by atoms with Crippen LogP contribution in [0.25, 0.3) is 0 Å². The lowest BCUT2D eigenvalue weighted by molar-refractivity contribution is -0.136. The number of nitrogens with zero attached hydrogens (tertiary/aromatic N) is 4. The third-order valence-corrected chi connectivity index (χ3v) is 11.0. The van der Waals surface area contributed by atoms with Crippen molar-refractivity contribution in [3.05, 3.63) is 58.7 Å². The number of nitrogens with one attached hydrogen (secondary N) is 4. The summed E-state index contributed by atoms with van der Waals surface area (Å²) >= 11 is 0. The lowest BCUT2D eigenvalue weighted by Crippen LogP contribution is -2.51. The van der Waals surface area contributed by atoms with Gasteiger partial charge in [-0.3, -0.25) is 9.59 Å². The van der Waals surface area contributed by atoms with Gasteiger partial charge in [0.25, 0.3) is 0 Å². The standard InChI is InChI=1S/C38H50N8O8/c1-19(2)31(43-37(49)51-5)35(47)45-11-7-9-25(45)33-39-17-23(41-33)29-15-21-13-28-22(14-27(21)53-29)16-30(54-28)24-18-40-34(42-24)26-10-8-12-46(26)36(48)32(20(3)4)44-38(50)52-6/h13-14,17-20,25-26,29-32H,7-12,15-16H2,1-6H3,(H,39,41)(H,40,42)(H,43,49)(H,44,50). The Morgan fingerprint density at radius 2 is 1.13 bits per heavy atom. The fourth-order valence-electron chi connectivity index (χ4n) is 8.07. The summed E-state index contributed by atoms with van der Waals surface area (Å²) in [5.74, 6) is 2.47. The van der Waals surface area contributed by atoms with Gasteiger partial charge in [-0.1, -0.05) is 27.7 Å². The molecule has 7 rings (SSSR count). The number of H-pyrrole nitrogens is 2. The number of hydrogen-bond acceptors (Lipinski definition) is 10. The van der Waals surface area contributed by atoms with Gasteiger partial charge in [-0.2, -0.15) is 0 Å². The summed E-state index contributed by atoms with van der Waals surface area (Å²) in [5.41, 5.74) is 3.73. The summed E-state index contributed by atoms with van der Waals surface area (Å²) < 4.78 is 22.4. The van der Waals surface area contributed by atoms with E-state index in [1.807, 2.05) is 27.7 Å². The van der Waals surface area contributed by atoms with Crippen LogP contribution >= 0.6 is 0 Å². The summed E-state index contributed by atoms with van der Waals surface area (Å²) in [7, 11) is 2.57. The van der Waals surface area contributed by atoms with Crippen molar-refractivity contribution in [1.82, 2.24) is 40.4 Å². The van der Waals surface area contributed by atoms with Crippen molar-refractivity contribution in [3.8, 4) is 11.5 Å². The molecular weight excluding hydrogens is 696 g/mol. The van der Waals surface area contributed by atoms with Crippen LogP contribution in [0.2, 0.25) is 0 Å². The van der Waals surface area contributed by atoms with Crippen molar-refractivity contribution in [2.24, 2.45) is 11.8 Å². The number of benzene rings is 1. The number of carbonyl (C=O) groups is 4. The smallest absolute Gasteiger partial charge is 0.407 e. The molecule has 16 nitrogen and oxygen atoms in total. The molecule has 4 aliphatic heterocycles. The maximum absolute atomic E-state index is 13.6. The topological polar surface area (TPSA) is 193 Å². The predicted molar refractivity (Wildman–Crippen MR) is 193 cm³/mol. The van der Waals surface area contributed by atoms with Crippen LogP contribution in [0, 0.1) is 11.8 Å². The van der Waals surface area contributed by atoms with Gasteiger partial charge in [-0.15, -0.1) is 0 Å². The molecule has 2 saturated heterocycles. The zero-order valence-corrected chi connectivity index (χ0v) is 31.6. The molecule has 0 saturated carbocycles. The second kappa shape index (κ2) is 15.2. The number of alkyl carbamates (subject to hydrolysis) is 2. The molecule has 3 aromatic rings. The first kappa shape index (κ1) is 37.1. The molecule has 0 radical (unpaired) electrons. The molecule has 6 heterocycles. The van der Waals surface area contributed by atoms with Crippen LogP contribution in [-0.2, 0) is 31.9 Å². The highest BCUT2D eigenvalue weighted by molar-refractivity contribution is 5.87. The van der Waals surface area contributed by atoms with Crippen LogP contribution in [0.4, 0.5) is 9.59 Å². The number of carbonyl (C=O) groups excluding carboxylic acids is 4. The van der Waals surface area contributed by atoms with Crippen molar-refractivity contribution in [1.29, 1.82) is 0 Å². The van der Waals surface area contributed by atoms with Crippen molar-refractivity contribution in [3.63, 3.8) is 0 Å². The van der Waals surface area contributed by atoms with Crippen LogP contribution in [0.1, 0.15) is 112 Å². The molecule has 4 aliphatic rings. The number of likely N-dealkylation sites (tertiary alicyclic amines) is 2. The van der Waals surface area contributed by atoms with Crippen molar-refractivity contribution in [2.45, 2.75) is 103 Å². The van der Waals surface area contributed by atoms with E-state index < -0.39 is 24.3 Å². The number of imidazole rings is 2. The van der Waals surface area contributed by atoms with Crippen LogP contribution in [0.15, 0.2) is 24.5 Å². The number of hydrogen-bond donors (Lipinski definition) is 4. The van der Waals surface area contributed by atoms with E-state index in [2.05, 4.69) is 42.7 Å². The highest BCUT2D eigenvalue weighted by Gasteiger charge is 2.40. The van der Waals surface area contributed by atoms with Crippen LogP contribution in [0.5, 0.6) is 11.5 Å². The highest BCUT2D eigenvalue weighted by atomic mass is 16.5. The average molecular weight is 747 g/mol. The molecule has 2 aromatic heterocycles. The average Bonchev–Trinajstić information content (AvgIpc) is 4.00. The fourth-order valence-corrected chi connectivity index (χ4v) is 8.07. The Balaban J connectivity index is 0.986. The SMILES string of the molecule is COC(=O)NC(C(=O)N1CCCC1c1ncc(C2Cc3cc4c(cc3O2)CC(c2cnc(C3CCCN3C(=O)C(NC(=O)OC)C(C)C)[nH]2)O4)[nH]1)C(C)C. The number of amides is 4. The number of ether oxygens (including phenoxy) is 4. The Hall–Kier alpha value is -5.28. The maximum atomic E-state index is 13.6. The molecule has 6 atom stereocenters. The van der Waals surface area contributed by atoms with Gasteiger partial charge >= 0.3 is 12.2 Å². The maximum Gasteiger partial charge on any atom is 0.407 e. The van der Waals surface area contributed by atoms with Gasteiger partial charge in [-0.25, -0.2) is 19.6 Å². The molecule has 0 spiro atoms. The Kier molecular flexibility index (Phi) is 10.4. The van der Waals surface area contributed by atoms with E-state index in [1.165, 1.54) is 14.2 Å². The molecule has 0 aliphatic carbocycles. The number of rotatable bonds is 10. The van der Waals surface area contributed by atoms with Gasteiger partial charge in [0.05, 0.1) is 50.1 Å². The normalized spacial score (nSPS) is 22.7. The zero-order chi connectivity index (χ0) is 38.3. The van der Waals surface area contributed by atoms with E-state index in [9.17, 15) is 19.2 Å². The minimum Gasteiger partial charge on any atom is -0.483 e. The van der Waals surface area contributed by atoms with Crippen LogP contribution in [0.3, 0.4) is 0 Å². The van der Waals surface area contributed by atoms with Gasteiger partial charge < -0.3 is 49.3 Å². The molecule has 54 heavy (non-hydrogen) atoms. The van der Waals surface area contributed by atoms with Crippen molar-refractivity contribution in [2.75, 3.05) is 27.3 Å². The minimum atomic E-state index is -0.701. The van der Waals surface area contributed by atoms with E-state index in [1.54, 1.807) is 22.2 Å². The second-order valence-corrected chi connectivity index (χ2v) is 15.2. The van der Waals surface area contributed by atoms with Crippen LogP contribution < -0.4 is 20.1 Å². The van der Waals surface area contributed by atoms with Gasteiger partial charge in [-0.05, 0) is 49.7 Å². The van der Waals surface area contributed by atoms with Gasteiger partial charge in [0.15, 0.2) is 0 Å². The van der Waals surface area contributed by atoms with Gasteiger partial charge in [0.1, 0.15) is 47.4 Å². The molecule has 16 heteroatoms. The fraction of sp³-hybridized carbons (Fsp3) is 0.579. The first-order valence-corrected chi connectivity index (χ1v) is 18.8. The Morgan fingerprint density at radius 1 is 0.722 bits per heavy atom. The van der Waals surface area contributed by atoms with E-state index in [0.717, 1.165) is 59.7 Å². The third kappa shape index (κ3) is 7.17. The minimum absolute atomic E-state index is 0.116. The third-order valence-electron chi connectivity index (χ3n) is 11.0. The van der Waals surface area contributed by atoms with E-state index in [0.29, 0.717) is 37.6 Å². The first-order chi connectivity index (χ1) is 25.9. The monoisotopic (exact) mass is 746 g/mol. The Morgan fingerprint density at radius 3 is 1.50 bits per heavy atom. The summed E-state index contributed by atoms with van der Waals surface area (Å²) in [6, 6.07) is 2.24. The zero-order valence-electron chi connectivity index (χ0n) is 31.6. The van der Waals surface area contributed by atoms with E-state index in [4.69, 9.17) is 18.9 Å². The van der Waals surface area contributed by atoms with Crippen LogP contribution in [-0.4, -0.2) is 93.1 Å². The quantitative estimate of drug-likeness (QED) is 0.228. The number of fused-ring (bicyclic) bond motifs is 2. The van der Waals surface area contributed by atoms with Crippen molar-refractivity contribution >= 4 is 24.0 Å². The summed E-state index contributed by atoms with van der Waals surface area (Å²) in [6.45, 7) is 8.74. The summed E-state index contributed by atoms with van der Waals surface area (Å²) in [5, 5.41) is 5.38. The lowest BCUT2D eigenvalue weighted by atomic mass is 10.0. The molecule has 4 N–H and O–H groups in total. The highest BCUT2D eigenvalue weighted by Crippen LogP contribution is 2.45. The predicted octanol–water partition coefficient (Wildman–Crippen LogP) is 4.57. The number of aromatic nitrogens is 4. The van der Waals surface area contributed by atoms with Gasteiger partial charge in [0.2, 0.25) is 11.8 Å². The molecule has 290 valence electrons. The van der Waals surface area contributed by atoms with Gasteiger partial charge in [0, 0.05) is 37.1 Å². The number of aromatic amines is 2. The molecule has 4 amide bonds. The first-order valence-electron chi connectivity index (χ1n) is 18.8. The van der Waals surface area contributed by atoms with E-state index >= 15 is 0 Å². The molecule has 0 bridgehead atoms. The molecule has 6 unspecified atom stereocenters. The lowest BCUT2D eigenvalue weighted by Gasteiger charge is -2.30. The molecular formula is C38H50N8O8. The Labute approximate surface area is 314 Å². The second-order valence-electron chi connectivity index (χ2n) is 15.2.